The second-order valence-electron chi connectivity index (χ2n) is 4.89. The molecule has 100 valence electrons. The lowest BCUT2D eigenvalue weighted by molar-refractivity contribution is 0.221. The van der Waals surface area contributed by atoms with Crippen LogP contribution < -0.4 is 5.73 Å². The van der Waals surface area contributed by atoms with E-state index in [2.05, 4.69) is 44.9 Å². The molecular formula is C15H24N2S. The molecule has 0 aromatic heterocycles. The summed E-state index contributed by atoms with van der Waals surface area (Å²) in [6.45, 7) is 7.59. The number of aryl methyl sites for hydroxylation is 1. The van der Waals surface area contributed by atoms with Gasteiger partial charge in [-0.25, -0.2) is 0 Å². The van der Waals surface area contributed by atoms with Gasteiger partial charge in [-0.15, -0.1) is 0 Å². The molecule has 0 spiro atoms. The van der Waals surface area contributed by atoms with Gasteiger partial charge in [-0.1, -0.05) is 38.2 Å². The smallest absolute Gasteiger partial charge is 0.103 e. The van der Waals surface area contributed by atoms with Crippen molar-refractivity contribution in [3.05, 3.63) is 34.9 Å². The standard InChI is InChI=1S/C15H24N2S/c1-5-14(6-2)17(4)10-13-8-7-12(15(16)18)9-11(13)3/h7-9,14H,5-6,10H2,1-4H3,(H2,16,18). The topological polar surface area (TPSA) is 29.3 Å². The van der Waals surface area contributed by atoms with E-state index >= 15 is 0 Å². The number of hydrogen-bond donors (Lipinski definition) is 1. The first-order chi connectivity index (χ1) is 8.49. The van der Waals surface area contributed by atoms with E-state index in [1.54, 1.807) is 0 Å². The maximum atomic E-state index is 5.65. The van der Waals surface area contributed by atoms with Crippen LogP contribution in [0.3, 0.4) is 0 Å². The molecule has 0 aliphatic carbocycles. The molecule has 1 aromatic carbocycles. The Morgan fingerprint density at radius 3 is 2.39 bits per heavy atom. The molecule has 0 saturated carbocycles. The fourth-order valence-electron chi connectivity index (χ4n) is 2.34. The number of nitrogens with zero attached hydrogens (tertiary/aromatic N) is 1. The van der Waals surface area contributed by atoms with Crippen molar-refractivity contribution in [1.29, 1.82) is 0 Å². The van der Waals surface area contributed by atoms with Crippen molar-refractivity contribution in [2.24, 2.45) is 5.73 Å². The van der Waals surface area contributed by atoms with E-state index in [0.29, 0.717) is 11.0 Å². The molecule has 0 heterocycles. The van der Waals surface area contributed by atoms with Crippen LogP contribution in [0, 0.1) is 6.92 Å². The van der Waals surface area contributed by atoms with Crippen LogP contribution in [0.1, 0.15) is 43.4 Å². The van der Waals surface area contributed by atoms with Crippen LogP contribution in [0.2, 0.25) is 0 Å². The third-order valence-electron chi connectivity index (χ3n) is 3.61. The zero-order valence-electron chi connectivity index (χ0n) is 11.9. The van der Waals surface area contributed by atoms with Crippen LogP contribution in [0.5, 0.6) is 0 Å². The number of thiocarbonyl (C=S) groups is 1. The monoisotopic (exact) mass is 264 g/mol. The van der Waals surface area contributed by atoms with Gasteiger partial charge in [0.1, 0.15) is 4.99 Å². The van der Waals surface area contributed by atoms with Gasteiger partial charge in [-0.2, -0.15) is 0 Å². The highest BCUT2D eigenvalue weighted by Gasteiger charge is 2.12. The van der Waals surface area contributed by atoms with Gasteiger partial charge in [0.05, 0.1) is 0 Å². The molecule has 18 heavy (non-hydrogen) atoms. The first-order valence-electron chi connectivity index (χ1n) is 6.59. The second kappa shape index (κ2) is 6.86. The zero-order valence-corrected chi connectivity index (χ0v) is 12.7. The van der Waals surface area contributed by atoms with Crippen molar-refractivity contribution in [1.82, 2.24) is 4.90 Å². The van der Waals surface area contributed by atoms with Gasteiger partial charge in [0.25, 0.3) is 0 Å². The highest BCUT2D eigenvalue weighted by Crippen LogP contribution is 2.16. The van der Waals surface area contributed by atoms with E-state index < -0.39 is 0 Å². The summed E-state index contributed by atoms with van der Waals surface area (Å²) in [5, 5.41) is 0. The number of hydrogen-bond acceptors (Lipinski definition) is 2. The van der Waals surface area contributed by atoms with Gasteiger partial charge in [-0.3, -0.25) is 4.90 Å². The summed E-state index contributed by atoms with van der Waals surface area (Å²) in [7, 11) is 2.19. The Morgan fingerprint density at radius 1 is 1.33 bits per heavy atom. The maximum Gasteiger partial charge on any atom is 0.103 e. The molecule has 0 fully saturated rings. The van der Waals surface area contributed by atoms with Gasteiger partial charge in [0.2, 0.25) is 0 Å². The first kappa shape index (κ1) is 15.1. The van der Waals surface area contributed by atoms with E-state index in [0.717, 1.165) is 12.1 Å². The molecule has 1 aromatic rings. The molecule has 0 amide bonds. The molecular weight excluding hydrogens is 240 g/mol. The van der Waals surface area contributed by atoms with Crippen molar-refractivity contribution in [3.63, 3.8) is 0 Å². The summed E-state index contributed by atoms with van der Waals surface area (Å²) >= 11 is 5.00. The van der Waals surface area contributed by atoms with E-state index in [1.807, 2.05) is 6.07 Å². The van der Waals surface area contributed by atoms with Crippen molar-refractivity contribution in [2.75, 3.05) is 7.05 Å². The molecule has 0 bridgehead atoms. The molecule has 0 saturated heterocycles. The molecule has 0 atom stereocenters. The lowest BCUT2D eigenvalue weighted by Gasteiger charge is -2.26. The average molecular weight is 264 g/mol. The minimum absolute atomic E-state index is 0.470. The largest absolute Gasteiger partial charge is 0.389 e. The molecule has 1 rings (SSSR count). The highest BCUT2D eigenvalue weighted by atomic mass is 32.1. The Balaban J connectivity index is 2.82. The average Bonchev–Trinajstić information content (AvgIpc) is 2.33. The minimum atomic E-state index is 0.470. The summed E-state index contributed by atoms with van der Waals surface area (Å²) in [5.74, 6) is 0. The third kappa shape index (κ3) is 3.79. The van der Waals surface area contributed by atoms with E-state index in [1.165, 1.54) is 24.0 Å². The number of nitrogens with two attached hydrogens (primary N) is 1. The quantitative estimate of drug-likeness (QED) is 0.800. The summed E-state index contributed by atoms with van der Waals surface area (Å²) in [5.41, 5.74) is 9.21. The Morgan fingerprint density at radius 2 is 1.94 bits per heavy atom. The fraction of sp³-hybridized carbons (Fsp3) is 0.533. The van der Waals surface area contributed by atoms with Crippen LogP contribution in [0.25, 0.3) is 0 Å². The molecule has 3 heteroatoms. The molecule has 0 aliphatic heterocycles. The SMILES string of the molecule is CCC(CC)N(C)Cc1ccc(C(N)=S)cc1C. The predicted molar refractivity (Wildman–Crippen MR) is 82.9 cm³/mol. The highest BCUT2D eigenvalue weighted by molar-refractivity contribution is 7.80. The Hall–Kier alpha value is -0.930. The first-order valence-corrected chi connectivity index (χ1v) is 6.99. The van der Waals surface area contributed by atoms with Gasteiger partial charge < -0.3 is 5.73 Å². The van der Waals surface area contributed by atoms with Crippen LogP contribution >= 0.6 is 12.2 Å². The number of rotatable bonds is 6. The maximum absolute atomic E-state index is 5.65. The van der Waals surface area contributed by atoms with Gasteiger partial charge in [0, 0.05) is 18.2 Å². The third-order valence-corrected chi connectivity index (χ3v) is 3.85. The summed E-state index contributed by atoms with van der Waals surface area (Å²) in [6, 6.07) is 6.90. The van der Waals surface area contributed by atoms with Crippen molar-refractivity contribution < 1.29 is 0 Å². The van der Waals surface area contributed by atoms with E-state index in [9.17, 15) is 0 Å². The molecule has 0 radical (unpaired) electrons. The zero-order chi connectivity index (χ0) is 13.7. The molecule has 2 N–H and O–H groups in total. The fourth-order valence-corrected chi connectivity index (χ4v) is 2.46. The van der Waals surface area contributed by atoms with Crippen molar-refractivity contribution in [3.8, 4) is 0 Å². The summed E-state index contributed by atoms with van der Waals surface area (Å²) in [4.78, 5) is 2.89. The predicted octanol–water partition coefficient (Wildman–Crippen LogP) is 3.25. The Bertz CT molecular complexity index is 411. The van der Waals surface area contributed by atoms with Crippen molar-refractivity contribution in [2.45, 2.75) is 46.2 Å². The Labute approximate surface area is 116 Å². The van der Waals surface area contributed by atoms with Crippen LogP contribution in [0.15, 0.2) is 18.2 Å². The Kier molecular flexibility index (Phi) is 5.76. The normalized spacial score (nSPS) is 11.2. The molecule has 2 nitrogen and oxygen atoms in total. The minimum Gasteiger partial charge on any atom is -0.389 e. The van der Waals surface area contributed by atoms with Crippen LogP contribution in [0.4, 0.5) is 0 Å². The van der Waals surface area contributed by atoms with Gasteiger partial charge in [0.15, 0.2) is 0 Å². The van der Waals surface area contributed by atoms with Gasteiger partial charge >= 0.3 is 0 Å². The lowest BCUT2D eigenvalue weighted by Crippen LogP contribution is -2.30. The summed E-state index contributed by atoms with van der Waals surface area (Å²) < 4.78 is 0. The van der Waals surface area contributed by atoms with Crippen LogP contribution in [-0.2, 0) is 6.54 Å². The lowest BCUT2D eigenvalue weighted by atomic mass is 10.0. The summed E-state index contributed by atoms with van der Waals surface area (Å²) in [6.07, 6.45) is 2.38. The second-order valence-corrected chi connectivity index (χ2v) is 5.33. The molecule has 0 aliphatic rings. The van der Waals surface area contributed by atoms with Crippen molar-refractivity contribution >= 4 is 17.2 Å². The van der Waals surface area contributed by atoms with E-state index in [4.69, 9.17) is 18.0 Å². The number of benzene rings is 1. The molecule has 0 unspecified atom stereocenters. The van der Waals surface area contributed by atoms with E-state index in [-0.39, 0.29) is 0 Å². The van der Waals surface area contributed by atoms with Gasteiger partial charge in [-0.05, 0) is 44.0 Å². The van der Waals surface area contributed by atoms with Crippen LogP contribution in [-0.4, -0.2) is 23.0 Å².